The van der Waals surface area contributed by atoms with E-state index in [4.69, 9.17) is 0 Å². The van der Waals surface area contributed by atoms with Crippen molar-refractivity contribution in [3.63, 3.8) is 0 Å². The van der Waals surface area contributed by atoms with Gasteiger partial charge in [0, 0.05) is 18.3 Å². The minimum Gasteiger partial charge on any atom is -0.324 e. The smallest absolute Gasteiger partial charge is 0.227 e. The first-order chi connectivity index (χ1) is 12.2. The molecule has 0 amide bonds. The van der Waals surface area contributed by atoms with Gasteiger partial charge in [-0.05, 0) is 55.9 Å². The molecule has 0 bridgehead atoms. The van der Waals surface area contributed by atoms with Gasteiger partial charge in [-0.15, -0.1) is 0 Å². The molecule has 3 rings (SSSR count). The number of aromatic nitrogens is 2. The van der Waals surface area contributed by atoms with E-state index < -0.39 is 0 Å². The van der Waals surface area contributed by atoms with E-state index in [1.165, 1.54) is 0 Å². The monoisotopic (exact) mass is 334 g/mol. The summed E-state index contributed by atoms with van der Waals surface area (Å²) in [6.07, 6.45) is 8.04. The fourth-order valence-electron chi connectivity index (χ4n) is 3.10. The van der Waals surface area contributed by atoms with Crippen molar-refractivity contribution in [3.8, 4) is 6.07 Å². The van der Waals surface area contributed by atoms with E-state index in [0.29, 0.717) is 23.5 Å². The summed E-state index contributed by atoms with van der Waals surface area (Å²) in [7, 11) is 0. The van der Waals surface area contributed by atoms with E-state index in [2.05, 4.69) is 28.3 Å². The Morgan fingerprint density at radius 1 is 1.24 bits per heavy atom. The molecular formula is C20H22N4O. The number of nitrogens with zero attached hydrogens (tertiary/aromatic N) is 3. The highest BCUT2D eigenvalue weighted by Crippen LogP contribution is 2.22. The third kappa shape index (κ3) is 4.21. The van der Waals surface area contributed by atoms with Crippen LogP contribution in [0.25, 0.3) is 0 Å². The Morgan fingerprint density at radius 2 is 2.08 bits per heavy atom. The number of carbonyl (C=O) groups excluding carboxylic acids is 1. The van der Waals surface area contributed by atoms with Gasteiger partial charge in [-0.25, -0.2) is 9.97 Å². The largest absolute Gasteiger partial charge is 0.324 e. The zero-order valence-electron chi connectivity index (χ0n) is 14.5. The maximum atomic E-state index is 12.1. The van der Waals surface area contributed by atoms with Crippen LogP contribution in [0.5, 0.6) is 0 Å². The van der Waals surface area contributed by atoms with Crippen LogP contribution in [0.15, 0.2) is 24.4 Å². The molecule has 25 heavy (non-hydrogen) atoms. The Balaban J connectivity index is 1.86. The Kier molecular flexibility index (Phi) is 5.39. The molecule has 0 aliphatic heterocycles. The van der Waals surface area contributed by atoms with E-state index in [1.807, 2.05) is 12.1 Å². The third-order valence-corrected chi connectivity index (χ3v) is 4.43. The second-order valence-corrected chi connectivity index (χ2v) is 6.44. The second-order valence-electron chi connectivity index (χ2n) is 6.44. The molecule has 1 N–H and O–H groups in total. The highest BCUT2D eigenvalue weighted by Gasteiger charge is 2.18. The van der Waals surface area contributed by atoms with E-state index in [0.717, 1.165) is 55.5 Å². The lowest BCUT2D eigenvalue weighted by molar-refractivity contribution is 0.0981. The van der Waals surface area contributed by atoms with Crippen LogP contribution in [0.1, 0.15) is 66.2 Å². The maximum absolute atomic E-state index is 12.1. The molecule has 0 unspecified atom stereocenters. The van der Waals surface area contributed by atoms with Gasteiger partial charge >= 0.3 is 0 Å². The van der Waals surface area contributed by atoms with Crippen molar-refractivity contribution in [2.24, 2.45) is 0 Å². The van der Waals surface area contributed by atoms with Crippen LogP contribution in [0.2, 0.25) is 0 Å². The lowest BCUT2D eigenvalue weighted by atomic mass is 10.0. The predicted octanol–water partition coefficient (Wildman–Crippen LogP) is 4.34. The molecular weight excluding hydrogens is 312 g/mol. The summed E-state index contributed by atoms with van der Waals surface area (Å²) >= 11 is 0. The zero-order chi connectivity index (χ0) is 17.6. The SMILES string of the molecule is CCCCc1cc(C#N)cc(Nc2ncc3c(n2)CCCCC3=O)c1. The lowest BCUT2D eigenvalue weighted by Crippen LogP contribution is -2.07. The van der Waals surface area contributed by atoms with Gasteiger partial charge in [-0.3, -0.25) is 4.79 Å². The molecule has 5 heteroatoms. The molecule has 1 heterocycles. The zero-order valence-corrected chi connectivity index (χ0v) is 14.5. The number of benzene rings is 1. The molecule has 0 fully saturated rings. The Bertz CT molecular complexity index is 823. The van der Waals surface area contributed by atoms with Crippen molar-refractivity contribution in [3.05, 3.63) is 46.8 Å². The topological polar surface area (TPSA) is 78.7 Å². The molecule has 1 aliphatic carbocycles. The van der Waals surface area contributed by atoms with Gasteiger partial charge in [-0.2, -0.15) is 5.26 Å². The number of hydrogen-bond donors (Lipinski definition) is 1. The number of ketones is 1. The first-order valence-electron chi connectivity index (χ1n) is 8.90. The standard InChI is InChI=1S/C20H22N4O/c1-2-3-6-14-9-15(12-21)11-16(10-14)23-20-22-13-17-18(24-20)7-4-5-8-19(17)25/h9-11,13H,2-8H2,1H3,(H,22,23,24). The van der Waals surface area contributed by atoms with Crippen LogP contribution in [0, 0.1) is 11.3 Å². The van der Waals surface area contributed by atoms with Crippen LogP contribution in [0.3, 0.4) is 0 Å². The molecule has 1 aromatic carbocycles. The number of rotatable bonds is 5. The van der Waals surface area contributed by atoms with Crippen molar-refractivity contribution in [2.45, 2.75) is 51.9 Å². The third-order valence-electron chi connectivity index (χ3n) is 4.43. The van der Waals surface area contributed by atoms with Crippen LogP contribution in [0.4, 0.5) is 11.6 Å². The van der Waals surface area contributed by atoms with Gasteiger partial charge < -0.3 is 5.32 Å². The van der Waals surface area contributed by atoms with E-state index in [9.17, 15) is 10.1 Å². The van der Waals surface area contributed by atoms with Crippen LogP contribution < -0.4 is 5.32 Å². The average molecular weight is 334 g/mol. The van der Waals surface area contributed by atoms with E-state index in [1.54, 1.807) is 12.3 Å². The molecule has 5 nitrogen and oxygen atoms in total. The molecule has 0 spiro atoms. The minimum absolute atomic E-state index is 0.132. The van der Waals surface area contributed by atoms with Gasteiger partial charge in [-0.1, -0.05) is 13.3 Å². The van der Waals surface area contributed by atoms with E-state index in [-0.39, 0.29) is 5.78 Å². The molecule has 0 atom stereocenters. The quantitative estimate of drug-likeness (QED) is 0.823. The highest BCUT2D eigenvalue weighted by molar-refractivity contribution is 5.97. The highest BCUT2D eigenvalue weighted by atomic mass is 16.1. The Morgan fingerprint density at radius 3 is 2.88 bits per heavy atom. The van der Waals surface area contributed by atoms with Gasteiger partial charge in [0.15, 0.2) is 5.78 Å². The number of hydrogen-bond acceptors (Lipinski definition) is 5. The van der Waals surface area contributed by atoms with Crippen molar-refractivity contribution in [1.29, 1.82) is 5.26 Å². The maximum Gasteiger partial charge on any atom is 0.227 e. The molecule has 1 aromatic heterocycles. The molecule has 0 saturated heterocycles. The number of fused-ring (bicyclic) bond motifs is 1. The van der Waals surface area contributed by atoms with Crippen LogP contribution >= 0.6 is 0 Å². The minimum atomic E-state index is 0.132. The van der Waals surface area contributed by atoms with Gasteiger partial charge in [0.2, 0.25) is 5.95 Å². The summed E-state index contributed by atoms with van der Waals surface area (Å²) in [6.45, 7) is 2.15. The summed E-state index contributed by atoms with van der Waals surface area (Å²) in [5, 5.41) is 12.4. The number of unbranched alkanes of at least 4 members (excludes halogenated alkanes) is 1. The fourth-order valence-corrected chi connectivity index (χ4v) is 3.10. The van der Waals surface area contributed by atoms with Crippen molar-refractivity contribution in [2.75, 3.05) is 5.32 Å². The summed E-state index contributed by atoms with van der Waals surface area (Å²) < 4.78 is 0. The summed E-state index contributed by atoms with van der Waals surface area (Å²) in [5.41, 5.74) is 4.04. The van der Waals surface area contributed by atoms with Gasteiger partial charge in [0.25, 0.3) is 0 Å². The number of nitriles is 1. The first kappa shape index (κ1) is 17.1. The van der Waals surface area contributed by atoms with Crippen LogP contribution in [-0.2, 0) is 12.8 Å². The van der Waals surface area contributed by atoms with Crippen molar-refractivity contribution < 1.29 is 4.79 Å². The summed E-state index contributed by atoms with van der Waals surface area (Å²) in [5.74, 6) is 0.609. The predicted molar refractivity (Wildman–Crippen MR) is 97.0 cm³/mol. The normalized spacial score (nSPS) is 13.7. The van der Waals surface area contributed by atoms with Crippen molar-refractivity contribution in [1.82, 2.24) is 9.97 Å². The van der Waals surface area contributed by atoms with Gasteiger partial charge in [0.05, 0.1) is 22.9 Å². The molecule has 1 aliphatic rings. The van der Waals surface area contributed by atoms with Gasteiger partial charge in [0.1, 0.15) is 0 Å². The number of nitrogens with one attached hydrogen (secondary N) is 1. The summed E-state index contributed by atoms with van der Waals surface area (Å²) in [4.78, 5) is 20.9. The molecule has 0 saturated carbocycles. The molecule has 0 radical (unpaired) electrons. The Hall–Kier alpha value is -2.74. The first-order valence-corrected chi connectivity index (χ1v) is 8.90. The summed E-state index contributed by atoms with van der Waals surface area (Å²) in [6, 6.07) is 7.98. The number of Topliss-reactive ketones (excluding diaryl/α,β-unsaturated/α-hetero) is 1. The number of carbonyl (C=O) groups is 1. The Labute approximate surface area is 148 Å². The second kappa shape index (κ2) is 7.89. The molecule has 128 valence electrons. The fraction of sp³-hybridized carbons (Fsp3) is 0.400. The number of aryl methyl sites for hydroxylation is 2. The van der Waals surface area contributed by atoms with E-state index >= 15 is 0 Å². The lowest BCUT2D eigenvalue weighted by Gasteiger charge is -2.10. The van der Waals surface area contributed by atoms with Crippen LogP contribution in [-0.4, -0.2) is 15.8 Å². The molecule has 2 aromatic rings. The number of anilines is 2. The van der Waals surface area contributed by atoms with Crippen molar-refractivity contribution >= 4 is 17.4 Å². The average Bonchev–Trinajstić information content (AvgIpc) is 2.81.